The van der Waals surface area contributed by atoms with E-state index in [9.17, 15) is 13.2 Å². The number of pyridine rings is 3. The number of ether oxygens (including phenoxy) is 1. The number of rotatable bonds is 6. The predicted molar refractivity (Wildman–Crippen MR) is 160 cm³/mol. The number of fused-ring (bicyclic) bond motifs is 1. The highest BCUT2D eigenvalue weighted by molar-refractivity contribution is 7.90. The Morgan fingerprint density at radius 2 is 1.73 bits per heavy atom. The predicted octanol–water partition coefficient (Wildman–Crippen LogP) is 4.56. The number of hydrogen-bond acceptors (Lipinski definition) is 8. The maximum absolute atomic E-state index is 12.8. The highest BCUT2D eigenvalue weighted by Crippen LogP contribution is 2.29. The molecule has 0 unspecified atom stereocenters. The van der Waals surface area contributed by atoms with Gasteiger partial charge in [0, 0.05) is 36.5 Å². The highest BCUT2D eigenvalue weighted by Gasteiger charge is 2.24. The molecule has 1 aromatic carbocycles. The lowest BCUT2D eigenvalue weighted by Crippen LogP contribution is -2.45. The van der Waals surface area contributed by atoms with Gasteiger partial charge in [-0.15, -0.1) is 0 Å². The summed E-state index contributed by atoms with van der Waals surface area (Å²) in [5.41, 5.74) is 6.07. The Morgan fingerprint density at radius 3 is 2.44 bits per heavy atom. The first-order valence-corrected chi connectivity index (χ1v) is 15.5. The lowest BCUT2D eigenvalue weighted by Gasteiger charge is -2.36. The lowest BCUT2D eigenvalue weighted by molar-refractivity contribution is -0.00546. The molecule has 1 saturated heterocycles. The summed E-state index contributed by atoms with van der Waals surface area (Å²) >= 11 is 0. The van der Waals surface area contributed by atoms with Gasteiger partial charge in [-0.2, -0.15) is 0 Å². The lowest BCUT2D eigenvalue weighted by atomic mass is 10.0. The first kappa shape index (κ1) is 28.6. The van der Waals surface area contributed by atoms with E-state index >= 15 is 0 Å². The first-order chi connectivity index (χ1) is 19.4. The van der Waals surface area contributed by atoms with E-state index in [2.05, 4.69) is 49.0 Å². The van der Waals surface area contributed by atoms with E-state index in [1.165, 1.54) is 6.07 Å². The van der Waals surface area contributed by atoms with Gasteiger partial charge in [0.05, 0.1) is 46.2 Å². The van der Waals surface area contributed by atoms with Crippen LogP contribution in [0.4, 0.5) is 5.82 Å². The Hall–Kier alpha value is -3.89. The Morgan fingerprint density at radius 1 is 1.00 bits per heavy atom. The van der Waals surface area contributed by atoms with Gasteiger partial charge in [0.15, 0.2) is 9.84 Å². The van der Waals surface area contributed by atoms with Gasteiger partial charge in [-0.1, -0.05) is 6.07 Å². The van der Waals surface area contributed by atoms with Crippen LogP contribution in [0.25, 0.3) is 22.3 Å². The first-order valence-electron chi connectivity index (χ1n) is 13.6. The van der Waals surface area contributed by atoms with Gasteiger partial charge in [0.2, 0.25) is 0 Å². The van der Waals surface area contributed by atoms with E-state index in [0.29, 0.717) is 11.3 Å². The molecule has 9 nitrogen and oxygen atoms in total. The Kier molecular flexibility index (Phi) is 7.80. The smallest absolute Gasteiger partial charge is 0.251 e. The fourth-order valence-electron chi connectivity index (χ4n) is 5.20. The SMILES string of the molecule is Cc1ccc(C(=O)NCc2cc3nc(-c4nc(N5C[C@@H](C)O[C@@H](C)C5)cc(C)c4C)ccc3cn2)cc1S(C)(=O)=O. The molecule has 4 heterocycles. The fourth-order valence-corrected chi connectivity index (χ4v) is 6.19. The third-order valence-corrected chi connectivity index (χ3v) is 8.65. The highest BCUT2D eigenvalue weighted by atomic mass is 32.2. The Bertz CT molecular complexity index is 1750. The number of hydrogen-bond donors (Lipinski definition) is 1. The number of aryl methyl sites for hydroxylation is 2. The summed E-state index contributed by atoms with van der Waals surface area (Å²) < 4.78 is 30.0. The molecular weight excluding hydrogens is 538 g/mol. The van der Waals surface area contributed by atoms with Crippen molar-refractivity contribution in [3.05, 3.63) is 76.6 Å². The summed E-state index contributed by atoms with van der Waals surface area (Å²) in [7, 11) is -3.44. The van der Waals surface area contributed by atoms with Crippen molar-refractivity contribution < 1.29 is 17.9 Å². The molecule has 1 N–H and O–H groups in total. The maximum Gasteiger partial charge on any atom is 0.251 e. The molecule has 10 heteroatoms. The third-order valence-electron chi connectivity index (χ3n) is 7.41. The second-order valence-electron chi connectivity index (χ2n) is 10.9. The largest absolute Gasteiger partial charge is 0.372 e. The summed E-state index contributed by atoms with van der Waals surface area (Å²) in [4.78, 5) is 29.7. The van der Waals surface area contributed by atoms with Crippen LogP contribution < -0.4 is 10.2 Å². The van der Waals surface area contributed by atoms with Crippen molar-refractivity contribution in [2.75, 3.05) is 24.2 Å². The van der Waals surface area contributed by atoms with Crippen LogP contribution in [-0.4, -0.2) is 60.8 Å². The van der Waals surface area contributed by atoms with Crippen molar-refractivity contribution in [3.63, 3.8) is 0 Å². The number of amides is 1. The number of anilines is 1. The van der Waals surface area contributed by atoms with Crippen LogP contribution in [0.3, 0.4) is 0 Å². The molecule has 214 valence electrons. The number of benzene rings is 1. The molecule has 5 rings (SSSR count). The van der Waals surface area contributed by atoms with E-state index in [4.69, 9.17) is 14.7 Å². The van der Waals surface area contributed by atoms with Gasteiger partial charge in [-0.05, 0) is 87.7 Å². The molecule has 1 fully saturated rings. The summed E-state index contributed by atoms with van der Waals surface area (Å²) in [6.07, 6.45) is 3.13. The number of carbonyl (C=O) groups excluding carboxylic acids is 1. The van der Waals surface area contributed by atoms with Crippen molar-refractivity contribution >= 4 is 32.5 Å². The monoisotopic (exact) mass is 573 g/mol. The fraction of sp³-hybridized carbons (Fsp3) is 0.355. The molecular formula is C31H35N5O4S. The number of aromatic nitrogens is 3. The van der Waals surface area contributed by atoms with E-state index in [0.717, 1.165) is 58.6 Å². The van der Waals surface area contributed by atoms with Gasteiger partial charge in [-0.25, -0.2) is 18.4 Å². The van der Waals surface area contributed by atoms with E-state index in [-0.39, 0.29) is 35.1 Å². The zero-order chi connectivity index (χ0) is 29.5. The Balaban J connectivity index is 1.40. The van der Waals surface area contributed by atoms with Crippen LogP contribution in [0.15, 0.2) is 53.6 Å². The van der Waals surface area contributed by atoms with Crippen LogP contribution in [0, 0.1) is 20.8 Å². The summed E-state index contributed by atoms with van der Waals surface area (Å²) in [5.74, 6) is 0.539. The van der Waals surface area contributed by atoms with Gasteiger partial charge >= 0.3 is 0 Å². The number of sulfone groups is 1. The average Bonchev–Trinajstić information content (AvgIpc) is 2.91. The van der Waals surface area contributed by atoms with E-state index in [1.807, 2.05) is 18.2 Å². The van der Waals surface area contributed by atoms with Crippen LogP contribution in [0.5, 0.6) is 0 Å². The summed E-state index contributed by atoms with van der Waals surface area (Å²) in [6.45, 7) is 11.8. The van der Waals surface area contributed by atoms with Crippen molar-refractivity contribution in [2.45, 2.75) is 58.3 Å². The molecule has 41 heavy (non-hydrogen) atoms. The third kappa shape index (κ3) is 6.23. The molecule has 3 aromatic heterocycles. The zero-order valence-electron chi connectivity index (χ0n) is 24.2. The Labute approximate surface area is 240 Å². The number of nitrogens with one attached hydrogen (secondary N) is 1. The molecule has 0 bridgehead atoms. The molecule has 4 aromatic rings. The molecule has 0 saturated carbocycles. The van der Waals surface area contributed by atoms with E-state index < -0.39 is 9.84 Å². The maximum atomic E-state index is 12.8. The standard InChI is InChI=1S/C31H35N5O4S/c1-18-7-8-23(12-28(18)41(6,38)39)31(37)33-15-25-13-27-24(14-32-25)9-10-26(34-27)30-22(5)19(2)11-29(35-30)36-16-20(3)40-21(4)17-36/h7-14,20-21H,15-17H2,1-6H3,(H,33,37)/t20-,21+. The van der Waals surface area contributed by atoms with Crippen molar-refractivity contribution in [1.82, 2.24) is 20.3 Å². The number of morpholine rings is 1. The van der Waals surface area contributed by atoms with Gasteiger partial charge in [0.25, 0.3) is 5.91 Å². The minimum absolute atomic E-state index is 0.128. The van der Waals surface area contributed by atoms with Crippen LogP contribution in [0.2, 0.25) is 0 Å². The second-order valence-corrected chi connectivity index (χ2v) is 12.9. The molecule has 1 aliphatic rings. The minimum atomic E-state index is -3.44. The van der Waals surface area contributed by atoms with Gasteiger partial charge < -0.3 is 15.0 Å². The molecule has 0 aliphatic carbocycles. The molecule has 0 radical (unpaired) electrons. The minimum Gasteiger partial charge on any atom is -0.372 e. The molecule has 1 aliphatic heterocycles. The van der Waals surface area contributed by atoms with E-state index in [1.54, 1.807) is 25.3 Å². The molecule has 0 spiro atoms. The molecule has 1 amide bonds. The van der Waals surface area contributed by atoms with Crippen LogP contribution in [-0.2, 0) is 21.1 Å². The normalized spacial score (nSPS) is 17.6. The van der Waals surface area contributed by atoms with Crippen molar-refractivity contribution in [1.29, 1.82) is 0 Å². The topological polar surface area (TPSA) is 114 Å². The quantitative estimate of drug-likeness (QED) is 0.357. The number of carbonyl (C=O) groups is 1. The average molecular weight is 574 g/mol. The molecule has 2 atom stereocenters. The van der Waals surface area contributed by atoms with Gasteiger partial charge in [0.1, 0.15) is 5.82 Å². The number of nitrogens with zero attached hydrogens (tertiary/aromatic N) is 4. The summed E-state index contributed by atoms with van der Waals surface area (Å²) in [5, 5.41) is 3.72. The van der Waals surface area contributed by atoms with Crippen molar-refractivity contribution in [3.8, 4) is 11.4 Å². The van der Waals surface area contributed by atoms with Crippen LogP contribution >= 0.6 is 0 Å². The van der Waals surface area contributed by atoms with Crippen molar-refractivity contribution in [2.24, 2.45) is 0 Å². The summed E-state index contributed by atoms with van der Waals surface area (Å²) in [6, 6.07) is 12.6. The van der Waals surface area contributed by atoms with Gasteiger partial charge in [-0.3, -0.25) is 9.78 Å². The zero-order valence-corrected chi connectivity index (χ0v) is 25.0. The van der Waals surface area contributed by atoms with Crippen LogP contribution in [0.1, 0.15) is 46.6 Å². The second kappa shape index (κ2) is 11.2.